The van der Waals surface area contributed by atoms with Crippen LogP contribution in [-0.4, -0.2) is 42.5 Å². The number of benzene rings is 1. The first-order valence-corrected chi connectivity index (χ1v) is 9.32. The Balaban J connectivity index is 1.91. The van der Waals surface area contributed by atoms with Crippen LogP contribution >= 0.6 is 0 Å². The Kier molecular flexibility index (Phi) is 8.28. The minimum Gasteiger partial charge on any atom is -0.453 e. The van der Waals surface area contributed by atoms with Gasteiger partial charge in [-0.2, -0.15) is 0 Å². The highest BCUT2D eigenvalue weighted by Crippen LogP contribution is 2.19. The summed E-state index contributed by atoms with van der Waals surface area (Å²) in [6.07, 6.45) is 2.12. The summed E-state index contributed by atoms with van der Waals surface area (Å²) >= 11 is 0. The summed E-state index contributed by atoms with van der Waals surface area (Å²) in [6.45, 7) is 1.17. The minimum atomic E-state index is -0.511. The maximum atomic E-state index is 12.6. The van der Waals surface area contributed by atoms with Gasteiger partial charge < -0.3 is 31.4 Å². The van der Waals surface area contributed by atoms with Gasteiger partial charge in [-0.15, -0.1) is 0 Å². The standard InChI is InChI=1S/C19H28N6O4/c1-29-19(28)23-12-14-5-2-4-13(8-14)11-22-18(27)16-6-3-7-25(16)17(26)9-15(10-20)24-21/h2,4-5,8,10,16,24H,3,6-7,9,11-12,20-21H2,1H3,(H,22,27)(H,23,28)/b15-10-. The summed E-state index contributed by atoms with van der Waals surface area (Å²) in [5, 5.41) is 5.49. The number of hydrazine groups is 1. The fourth-order valence-electron chi connectivity index (χ4n) is 3.16. The highest BCUT2D eigenvalue weighted by atomic mass is 16.5. The zero-order valence-electron chi connectivity index (χ0n) is 16.4. The van der Waals surface area contributed by atoms with Crippen LogP contribution in [0.1, 0.15) is 30.4 Å². The van der Waals surface area contributed by atoms with Crippen LogP contribution in [0.25, 0.3) is 0 Å². The minimum absolute atomic E-state index is 0.0199. The summed E-state index contributed by atoms with van der Waals surface area (Å²) in [4.78, 5) is 37.8. The van der Waals surface area contributed by atoms with Crippen LogP contribution in [-0.2, 0) is 27.4 Å². The molecule has 29 heavy (non-hydrogen) atoms. The third-order valence-electron chi connectivity index (χ3n) is 4.68. The summed E-state index contributed by atoms with van der Waals surface area (Å²) in [7, 11) is 1.30. The van der Waals surface area contributed by atoms with Gasteiger partial charge in [0, 0.05) is 25.8 Å². The van der Waals surface area contributed by atoms with Crippen molar-refractivity contribution < 1.29 is 19.1 Å². The molecule has 3 amide bonds. The van der Waals surface area contributed by atoms with Gasteiger partial charge in [0.15, 0.2) is 0 Å². The lowest BCUT2D eigenvalue weighted by molar-refractivity contribution is -0.138. The van der Waals surface area contributed by atoms with E-state index in [1.807, 2.05) is 24.3 Å². The fraction of sp³-hybridized carbons (Fsp3) is 0.421. The van der Waals surface area contributed by atoms with Crippen molar-refractivity contribution in [2.75, 3.05) is 13.7 Å². The van der Waals surface area contributed by atoms with Crippen LogP contribution in [0, 0.1) is 0 Å². The van der Waals surface area contributed by atoms with Crippen molar-refractivity contribution in [1.29, 1.82) is 0 Å². The van der Waals surface area contributed by atoms with Gasteiger partial charge in [-0.25, -0.2) is 4.79 Å². The third-order valence-corrected chi connectivity index (χ3v) is 4.68. The molecule has 1 atom stereocenters. The van der Waals surface area contributed by atoms with Crippen molar-refractivity contribution in [2.45, 2.75) is 38.4 Å². The van der Waals surface area contributed by atoms with Crippen LogP contribution in [0.3, 0.4) is 0 Å². The lowest BCUT2D eigenvalue weighted by atomic mass is 10.1. The molecule has 0 bridgehead atoms. The second kappa shape index (κ2) is 10.9. The Morgan fingerprint density at radius 3 is 2.55 bits per heavy atom. The molecule has 1 aliphatic heterocycles. The fourth-order valence-corrected chi connectivity index (χ4v) is 3.16. The van der Waals surface area contributed by atoms with E-state index in [-0.39, 0.29) is 18.2 Å². The van der Waals surface area contributed by atoms with Gasteiger partial charge in [0.05, 0.1) is 19.2 Å². The lowest BCUT2D eigenvalue weighted by Crippen LogP contribution is -2.46. The van der Waals surface area contributed by atoms with Crippen molar-refractivity contribution in [1.82, 2.24) is 21.0 Å². The SMILES string of the molecule is COC(=O)NCc1cccc(CNC(=O)C2CCCN2C(=O)C/C(=C/N)NN)c1. The predicted octanol–water partition coefficient (Wildman–Crippen LogP) is -0.197. The average molecular weight is 404 g/mol. The molecule has 1 aromatic carbocycles. The van der Waals surface area contributed by atoms with Crippen molar-refractivity contribution in [3.05, 3.63) is 47.3 Å². The van der Waals surface area contributed by atoms with E-state index < -0.39 is 12.1 Å². The molecule has 158 valence electrons. The molecule has 2 rings (SSSR count). The van der Waals surface area contributed by atoms with Crippen molar-refractivity contribution in [2.24, 2.45) is 11.6 Å². The number of hydrogen-bond donors (Lipinski definition) is 5. The van der Waals surface area contributed by atoms with E-state index in [4.69, 9.17) is 11.6 Å². The van der Waals surface area contributed by atoms with E-state index in [1.54, 1.807) is 4.90 Å². The molecular weight excluding hydrogens is 376 g/mol. The molecule has 0 spiro atoms. The van der Waals surface area contributed by atoms with E-state index in [1.165, 1.54) is 13.3 Å². The molecule has 1 aromatic rings. The molecule has 1 saturated heterocycles. The molecule has 7 N–H and O–H groups in total. The number of carbonyl (C=O) groups is 3. The maximum Gasteiger partial charge on any atom is 0.407 e. The molecule has 1 unspecified atom stereocenters. The smallest absolute Gasteiger partial charge is 0.407 e. The first-order chi connectivity index (χ1) is 14.0. The number of hydrogen-bond acceptors (Lipinski definition) is 7. The van der Waals surface area contributed by atoms with Crippen LogP contribution < -0.4 is 27.6 Å². The topological polar surface area (TPSA) is 152 Å². The molecule has 1 fully saturated rings. The van der Waals surface area contributed by atoms with E-state index in [0.717, 1.165) is 17.5 Å². The van der Waals surface area contributed by atoms with Crippen LogP contribution in [0.4, 0.5) is 4.79 Å². The number of alkyl carbamates (subject to hydrolysis) is 1. The zero-order valence-corrected chi connectivity index (χ0v) is 16.4. The number of amides is 3. The normalized spacial score (nSPS) is 16.3. The number of nitrogens with two attached hydrogens (primary N) is 2. The van der Waals surface area contributed by atoms with E-state index in [9.17, 15) is 14.4 Å². The number of rotatable bonds is 8. The van der Waals surface area contributed by atoms with Gasteiger partial charge in [-0.3, -0.25) is 15.4 Å². The largest absolute Gasteiger partial charge is 0.453 e. The average Bonchev–Trinajstić information content (AvgIpc) is 3.24. The molecule has 0 radical (unpaired) electrons. The quantitative estimate of drug-likeness (QED) is 0.297. The lowest BCUT2D eigenvalue weighted by Gasteiger charge is -2.24. The van der Waals surface area contributed by atoms with Gasteiger partial charge in [-0.05, 0) is 24.0 Å². The number of methoxy groups -OCH3 is 1. The molecule has 1 heterocycles. The Bertz CT molecular complexity index is 767. The Hall–Kier alpha value is -3.27. The molecule has 0 aromatic heterocycles. The van der Waals surface area contributed by atoms with Gasteiger partial charge in [0.25, 0.3) is 0 Å². The van der Waals surface area contributed by atoms with Crippen molar-refractivity contribution in [3.63, 3.8) is 0 Å². The number of carbonyl (C=O) groups excluding carboxylic acids is 3. The Labute approximate surface area is 169 Å². The van der Waals surface area contributed by atoms with E-state index in [2.05, 4.69) is 20.8 Å². The molecule has 1 aliphatic rings. The maximum absolute atomic E-state index is 12.6. The molecule has 10 nitrogen and oxygen atoms in total. The summed E-state index contributed by atoms with van der Waals surface area (Å²) < 4.78 is 4.55. The zero-order chi connectivity index (χ0) is 21.2. The van der Waals surface area contributed by atoms with Crippen LogP contribution in [0.2, 0.25) is 0 Å². The van der Waals surface area contributed by atoms with E-state index in [0.29, 0.717) is 31.8 Å². The highest BCUT2D eigenvalue weighted by molar-refractivity contribution is 5.89. The number of nitrogens with zero attached hydrogens (tertiary/aromatic N) is 1. The number of likely N-dealkylation sites (tertiary alicyclic amines) is 1. The summed E-state index contributed by atoms with van der Waals surface area (Å²) in [5.74, 6) is 4.91. The number of ether oxygens (including phenoxy) is 1. The van der Waals surface area contributed by atoms with E-state index >= 15 is 0 Å². The number of nitrogens with one attached hydrogen (secondary N) is 3. The van der Waals surface area contributed by atoms with Gasteiger partial charge >= 0.3 is 6.09 Å². The Morgan fingerprint density at radius 1 is 1.24 bits per heavy atom. The second-order valence-electron chi connectivity index (χ2n) is 6.64. The van der Waals surface area contributed by atoms with Gasteiger partial charge in [-0.1, -0.05) is 24.3 Å². The van der Waals surface area contributed by atoms with Crippen molar-refractivity contribution >= 4 is 17.9 Å². The second-order valence-corrected chi connectivity index (χ2v) is 6.64. The van der Waals surface area contributed by atoms with Gasteiger partial charge in [0.1, 0.15) is 6.04 Å². The third kappa shape index (κ3) is 6.39. The van der Waals surface area contributed by atoms with Crippen LogP contribution in [0.5, 0.6) is 0 Å². The summed E-state index contributed by atoms with van der Waals surface area (Å²) in [6, 6.07) is 6.97. The van der Waals surface area contributed by atoms with Crippen molar-refractivity contribution in [3.8, 4) is 0 Å². The highest BCUT2D eigenvalue weighted by Gasteiger charge is 2.33. The molecule has 0 aliphatic carbocycles. The first-order valence-electron chi connectivity index (χ1n) is 9.32. The monoisotopic (exact) mass is 404 g/mol. The molecule has 10 heteroatoms. The Morgan fingerprint density at radius 2 is 1.93 bits per heavy atom. The summed E-state index contributed by atoms with van der Waals surface area (Å²) in [5.41, 5.74) is 9.96. The molecular formula is C19H28N6O4. The van der Waals surface area contributed by atoms with Gasteiger partial charge in [0.2, 0.25) is 11.8 Å². The first kappa shape index (κ1) is 22.0. The van der Waals surface area contributed by atoms with Crippen LogP contribution in [0.15, 0.2) is 36.2 Å². The predicted molar refractivity (Wildman–Crippen MR) is 106 cm³/mol. The molecule has 0 saturated carbocycles.